The van der Waals surface area contributed by atoms with Crippen LogP contribution in [0.1, 0.15) is 17.3 Å². The number of rotatable bonds is 2. The highest BCUT2D eigenvalue weighted by molar-refractivity contribution is 6.00. The van der Waals surface area contributed by atoms with Gasteiger partial charge in [-0.3, -0.25) is 19.7 Å². The van der Waals surface area contributed by atoms with Gasteiger partial charge in [-0.1, -0.05) is 6.07 Å². The smallest absolute Gasteiger partial charge is 0.311 e. The molecule has 1 atom stereocenters. The number of carbonyl (C=O) groups excluding carboxylic acids is 2. The molecule has 2 N–H and O–H groups in total. The lowest BCUT2D eigenvalue weighted by atomic mass is 10.1. The third kappa shape index (κ3) is 2.27. The van der Waals surface area contributed by atoms with E-state index in [1.807, 2.05) is 0 Å². The molecule has 1 aliphatic rings. The molecule has 1 fully saturated rings. The molecule has 2 amide bonds. The van der Waals surface area contributed by atoms with Gasteiger partial charge in [-0.15, -0.1) is 0 Å². The van der Waals surface area contributed by atoms with Gasteiger partial charge in [0.05, 0.1) is 10.5 Å². The first-order valence-corrected chi connectivity index (χ1v) is 5.98. The van der Waals surface area contributed by atoms with E-state index < -0.39 is 28.3 Å². The van der Waals surface area contributed by atoms with Gasteiger partial charge in [0.1, 0.15) is 6.04 Å². The maximum Gasteiger partial charge on any atom is 0.311 e. The van der Waals surface area contributed by atoms with Gasteiger partial charge < -0.3 is 15.3 Å². The van der Waals surface area contributed by atoms with E-state index in [0.29, 0.717) is 6.54 Å². The number of carbonyl (C=O) groups is 2. The van der Waals surface area contributed by atoms with Crippen LogP contribution >= 0.6 is 0 Å². The molecule has 0 saturated carbocycles. The van der Waals surface area contributed by atoms with E-state index in [4.69, 9.17) is 0 Å². The number of nitro benzene ring substituents is 1. The second-order valence-electron chi connectivity index (χ2n) is 4.40. The highest BCUT2D eigenvalue weighted by atomic mass is 16.6. The zero-order chi connectivity index (χ0) is 14.9. The minimum absolute atomic E-state index is 0.180. The Bertz CT molecular complexity index is 586. The van der Waals surface area contributed by atoms with Crippen LogP contribution in [-0.4, -0.2) is 45.9 Å². The molecule has 106 valence electrons. The number of nitrogens with one attached hydrogen (secondary N) is 1. The maximum atomic E-state index is 12.3. The number of nitrogens with zero attached hydrogens (tertiary/aromatic N) is 2. The van der Waals surface area contributed by atoms with E-state index in [2.05, 4.69) is 5.32 Å². The summed E-state index contributed by atoms with van der Waals surface area (Å²) in [5.41, 5.74) is -0.717. The van der Waals surface area contributed by atoms with Crippen molar-refractivity contribution in [2.24, 2.45) is 0 Å². The Labute approximate surface area is 114 Å². The number of amides is 2. The SMILES string of the molecule is CC1C(=O)NCCN1C(=O)c1cccc([N+](=O)[O-])c1O. The van der Waals surface area contributed by atoms with Crippen LogP contribution in [0.3, 0.4) is 0 Å². The van der Waals surface area contributed by atoms with Crippen molar-refractivity contribution in [2.75, 3.05) is 13.1 Å². The Balaban J connectivity index is 2.36. The Morgan fingerprint density at radius 2 is 2.25 bits per heavy atom. The van der Waals surface area contributed by atoms with Gasteiger partial charge in [0.25, 0.3) is 5.91 Å². The number of benzene rings is 1. The number of phenols is 1. The number of phenolic OH excluding ortho intramolecular Hbond substituents is 1. The first kappa shape index (κ1) is 13.8. The normalized spacial score (nSPS) is 18.6. The fraction of sp³-hybridized carbons (Fsp3) is 0.333. The van der Waals surface area contributed by atoms with Crippen molar-refractivity contribution in [1.29, 1.82) is 0 Å². The molecule has 1 saturated heterocycles. The average Bonchev–Trinajstić information content (AvgIpc) is 2.41. The highest BCUT2D eigenvalue weighted by Gasteiger charge is 2.32. The third-order valence-electron chi connectivity index (χ3n) is 3.20. The predicted molar refractivity (Wildman–Crippen MR) is 68.3 cm³/mol. The van der Waals surface area contributed by atoms with Gasteiger partial charge in [0.15, 0.2) is 0 Å². The van der Waals surface area contributed by atoms with E-state index in [9.17, 15) is 24.8 Å². The van der Waals surface area contributed by atoms with Gasteiger partial charge in [-0.2, -0.15) is 0 Å². The molecule has 0 aliphatic carbocycles. The summed E-state index contributed by atoms with van der Waals surface area (Å²) in [7, 11) is 0. The van der Waals surface area contributed by atoms with E-state index in [1.54, 1.807) is 6.92 Å². The predicted octanol–water partition coefficient (Wildman–Crippen LogP) is 0.261. The topological polar surface area (TPSA) is 113 Å². The Kier molecular flexibility index (Phi) is 3.55. The van der Waals surface area contributed by atoms with Crippen LogP contribution in [0.2, 0.25) is 0 Å². The Morgan fingerprint density at radius 1 is 1.55 bits per heavy atom. The molecule has 0 radical (unpaired) electrons. The van der Waals surface area contributed by atoms with E-state index in [0.717, 1.165) is 6.07 Å². The fourth-order valence-corrected chi connectivity index (χ4v) is 2.07. The lowest BCUT2D eigenvalue weighted by Gasteiger charge is -2.32. The van der Waals surface area contributed by atoms with Crippen LogP contribution in [0.5, 0.6) is 5.75 Å². The molecule has 0 bridgehead atoms. The first-order valence-electron chi connectivity index (χ1n) is 5.98. The van der Waals surface area contributed by atoms with Gasteiger partial charge >= 0.3 is 5.69 Å². The minimum Gasteiger partial charge on any atom is -0.502 e. The van der Waals surface area contributed by atoms with Gasteiger partial charge in [-0.05, 0) is 13.0 Å². The van der Waals surface area contributed by atoms with Crippen molar-refractivity contribution in [1.82, 2.24) is 10.2 Å². The molecule has 0 spiro atoms. The van der Waals surface area contributed by atoms with Crippen molar-refractivity contribution in [3.05, 3.63) is 33.9 Å². The van der Waals surface area contributed by atoms with Crippen LogP contribution in [0.4, 0.5) is 5.69 Å². The van der Waals surface area contributed by atoms with E-state index >= 15 is 0 Å². The summed E-state index contributed by atoms with van der Waals surface area (Å²) in [6.45, 7) is 2.15. The molecule has 1 aromatic rings. The molecular formula is C12H13N3O5. The van der Waals surface area contributed by atoms with Crippen molar-refractivity contribution < 1.29 is 19.6 Å². The summed E-state index contributed by atoms with van der Waals surface area (Å²) in [6, 6.07) is 3.04. The number of aromatic hydroxyl groups is 1. The largest absolute Gasteiger partial charge is 0.502 e. The molecule has 8 nitrogen and oxygen atoms in total. The number of nitro groups is 1. The lowest BCUT2D eigenvalue weighted by Crippen LogP contribution is -2.55. The van der Waals surface area contributed by atoms with Gasteiger partial charge in [0, 0.05) is 19.2 Å². The highest BCUT2D eigenvalue weighted by Crippen LogP contribution is 2.30. The minimum atomic E-state index is -0.765. The second kappa shape index (κ2) is 5.16. The van der Waals surface area contributed by atoms with Crippen LogP contribution in [0.15, 0.2) is 18.2 Å². The second-order valence-corrected chi connectivity index (χ2v) is 4.40. The molecule has 1 aromatic carbocycles. The molecule has 1 heterocycles. The van der Waals surface area contributed by atoms with E-state index in [1.165, 1.54) is 17.0 Å². The summed E-state index contributed by atoms with van der Waals surface area (Å²) in [6.07, 6.45) is 0. The van der Waals surface area contributed by atoms with Crippen molar-refractivity contribution in [3.63, 3.8) is 0 Å². The average molecular weight is 279 g/mol. The summed E-state index contributed by atoms with van der Waals surface area (Å²) in [5.74, 6) is -1.58. The number of hydrogen-bond acceptors (Lipinski definition) is 5. The quantitative estimate of drug-likeness (QED) is 0.595. The van der Waals surface area contributed by atoms with Crippen LogP contribution in [-0.2, 0) is 4.79 Å². The Hall–Kier alpha value is -2.64. The fourth-order valence-electron chi connectivity index (χ4n) is 2.07. The molecule has 8 heteroatoms. The summed E-state index contributed by atoms with van der Waals surface area (Å²) < 4.78 is 0. The molecule has 1 aliphatic heterocycles. The molecule has 20 heavy (non-hydrogen) atoms. The molecule has 1 unspecified atom stereocenters. The lowest BCUT2D eigenvalue weighted by molar-refractivity contribution is -0.385. The number of hydrogen-bond donors (Lipinski definition) is 2. The van der Waals surface area contributed by atoms with Crippen molar-refractivity contribution >= 4 is 17.5 Å². The van der Waals surface area contributed by atoms with Gasteiger partial charge in [0.2, 0.25) is 11.7 Å². The first-order chi connectivity index (χ1) is 9.43. The molecule has 0 aromatic heterocycles. The van der Waals surface area contributed by atoms with Crippen molar-refractivity contribution in [2.45, 2.75) is 13.0 Å². The summed E-state index contributed by atoms with van der Waals surface area (Å²) in [4.78, 5) is 35.1. The zero-order valence-corrected chi connectivity index (χ0v) is 10.7. The molecular weight excluding hydrogens is 266 g/mol. The Morgan fingerprint density at radius 3 is 2.90 bits per heavy atom. The number of piperazine rings is 1. The number of para-hydroxylation sites is 1. The zero-order valence-electron chi connectivity index (χ0n) is 10.7. The standard InChI is InChI=1S/C12H13N3O5/c1-7-11(17)13-5-6-14(7)12(18)8-3-2-4-9(10(8)16)15(19)20/h2-4,7,16H,5-6H2,1H3,(H,13,17). The van der Waals surface area contributed by atoms with Crippen LogP contribution < -0.4 is 5.32 Å². The molecule has 2 rings (SSSR count). The van der Waals surface area contributed by atoms with E-state index in [-0.39, 0.29) is 18.0 Å². The monoisotopic (exact) mass is 279 g/mol. The van der Waals surface area contributed by atoms with Crippen molar-refractivity contribution in [3.8, 4) is 5.75 Å². The van der Waals surface area contributed by atoms with Crippen LogP contribution in [0.25, 0.3) is 0 Å². The van der Waals surface area contributed by atoms with Gasteiger partial charge in [-0.25, -0.2) is 0 Å². The summed E-state index contributed by atoms with van der Waals surface area (Å²) >= 11 is 0. The third-order valence-corrected chi connectivity index (χ3v) is 3.20. The maximum absolute atomic E-state index is 12.3. The summed E-state index contributed by atoms with van der Waals surface area (Å²) in [5, 5.41) is 23.2. The van der Waals surface area contributed by atoms with Crippen LogP contribution in [0, 0.1) is 10.1 Å².